The van der Waals surface area contributed by atoms with Gasteiger partial charge in [0, 0.05) is 32.4 Å². The molecular formula is C24H36IN5O. The summed E-state index contributed by atoms with van der Waals surface area (Å²) in [5.74, 6) is 2.30. The number of nitrogens with zero attached hydrogens (tertiary/aromatic N) is 3. The van der Waals surface area contributed by atoms with Crippen LogP contribution in [0, 0.1) is 5.92 Å². The van der Waals surface area contributed by atoms with E-state index in [1.165, 1.54) is 18.4 Å². The van der Waals surface area contributed by atoms with Crippen LogP contribution < -0.4 is 15.5 Å². The van der Waals surface area contributed by atoms with E-state index in [9.17, 15) is 0 Å². The van der Waals surface area contributed by atoms with E-state index in [2.05, 4.69) is 58.6 Å². The molecular weight excluding hydrogens is 501 g/mol. The normalized spacial score (nSPS) is 14.8. The van der Waals surface area contributed by atoms with Crippen molar-refractivity contribution < 1.29 is 4.74 Å². The highest BCUT2D eigenvalue weighted by molar-refractivity contribution is 14.0. The molecule has 0 amide bonds. The Hall–Kier alpha value is -1.87. The monoisotopic (exact) mass is 537 g/mol. The van der Waals surface area contributed by atoms with Gasteiger partial charge in [-0.3, -0.25) is 0 Å². The predicted molar refractivity (Wildman–Crippen MR) is 139 cm³/mol. The first kappa shape index (κ1) is 25.4. The van der Waals surface area contributed by atoms with Gasteiger partial charge in [0.05, 0.1) is 19.8 Å². The second-order valence-electron chi connectivity index (χ2n) is 7.90. The van der Waals surface area contributed by atoms with E-state index < -0.39 is 0 Å². The van der Waals surface area contributed by atoms with Crippen molar-refractivity contribution in [1.82, 2.24) is 15.6 Å². The summed E-state index contributed by atoms with van der Waals surface area (Å²) in [6.45, 7) is 10.1. The average Bonchev–Trinajstić information content (AvgIpc) is 3.32. The zero-order valence-corrected chi connectivity index (χ0v) is 21.0. The molecule has 1 aliphatic heterocycles. The summed E-state index contributed by atoms with van der Waals surface area (Å²) in [4.78, 5) is 11.7. The first-order chi connectivity index (χ1) is 14.7. The highest BCUT2D eigenvalue weighted by Gasteiger charge is 2.13. The topological polar surface area (TPSA) is 61.8 Å². The van der Waals surface area contributed by atoms with Gasteiger partial charge >= 0.3 is 0 Å². The fourth-order valence-corrected chi connectivity index (χ4v) is 3.44. The standard InChI is InChI=1S/C24H35N5O.HI/c1-3-25-24(27-15-20(2)18-30-19-21-9-5-4-6-10-21)28-17-22-11-12-23(26-16-22)29-13-7-8-14-29;/h4-6,9-12,16,20H,3,7-8,13-15,17-19H2,1-2H3,(H2,25,27,28);1H. The lowest BCUT2D eigenvalue weighted by Crippen LogP contribution is -2.40. The van der Waals surface area contributed by atoms with Gasteiger partial charge < -0.3 is 20.3 Å². The molecule has 1 atom stereocenters. The number of pyridine rings is 1. The van der Waals surface area contributed by atoms with Gasteiger partial charge in [0.25, 0.3) is 0 Å². The van der Waals surface area contributed by atoms with E-state index in [0.717, 1.165) is 43.5 Å². The maximum atomic E-state index is 5.84. The maximum absolute atomic E-state index is 5.84. The molecule has 1 unspecified atom stereocenters. The third kappa shape index (κ3) is 9.03. The van der Waals surface area contributed by atoms with Gasteiger partial charge in [-0.1, -0.05) is 43.3 Å². The Balaban J connectivity index is 0.00000341. The number of halogens is 1. The molecule has 0 saturated carbocycles. The molecule has 2 N–H and O–H groups in total. The van der Waals surface area contributed by atoms with Crippen LogP contribution in [0.1, 0.15) is 37.8 Å². The van der Waals surface area contributed by atoms with Gasteiger partial charge in [-0.05, 0) is 42.9 Å². The van der Waals surface area contributed by atoms with E-state index in [1.54, 1.807) is 0 Å². The number of aromatic nitrogens is 1. The molecule has 7 heteroatoms. The molecule has 1 aromatic heterocycles. The van der Waals surface area contributed by atoms with Crippen LogP contribution in [0.4, 0.5) is 5.82 Å². The van der Waals surface area contributed by atoms with Crippen molar-refractivity contribution in [3.63, 3.8) is 0 Å². The summed E-state index contributed by atoms with van der Waals surface area (Å²) in [6, 6.07) is 14.5. The average molecular weight is 537 g/mol. The Labute approximate surface area is 203 Å². The molecule has 0 radical (unpaired) electrons. The van der Waals surface area contributed by atoms with E-state index in [1.807, 2.05) is 24.4 Å². The number of benzene rings is 1. The number of aliphatic imine (C=N–C) groups is 1. The number of guanidine groups is 1. The Morgan fingerprint density at radius 1 is 1.10 bits per heavy atom. The van der Waals surface area contributed by atoms with Crippen molar-refractivity contribution in [1.29, 1.82) is 0 Å². The van der Waals surface area contributed by atoms with Crippen molar-refractivity contribution >= 4 is 35.8 Å². The fraction of sp³-hybridized carbons (Fsp3) is 0.500. The van der Waals surface area contributed by atoms with Gasteiger partial charge in [0.2, 0.25) is 0 Å². The quantitative estimate of drug-likeness (QED) is 0.270. The summed E-state index contributed by atoms with van der Waals surface area (Å²) < 4.78 is 5.84. The molecule has 170 valence electrons. The van der Waals surface area contributed by atoms with Gasteiger partial charge in [-0.15, -0.1) is 24.0 Å². The molecule has 31 heavy (non-hydrogen) atoms. The molecule has 0 aliphatic carbocycles. The third-order valence-electron chi connectivity index (χ3n) is 5.14. The van der Waals surface area contributed by atoms with Crippen LogP contribution in [-0.2, 0) is 17.9 Å². The first-order valence-electron chi connectivity index (χ1n) is 11.1. The molecule has 1 aromatic carbocycles. The number of rotatable bonds is 10. The summed E-state index contributed by atoms with van der Waals surface area (Å²) in [7, 11) is 0. The Kier molecular flexibility index (Phi) is 11.7. The zero-order chi connectivity index (χ0) is 21.0. The highest BCUT2D eigenvalue weighted by atomic mass is 127. The van der Waals surface area contributed by atoms with Crippen LogP contribution in [-0.4, -0.2) is 43.7 Å². The van der Waals surface area contributed by atoms with Gasteiger partial charge in [-0.2, -0.15) is 0 Å². The minimum absolute atomic E-state index is 0. The van der Waals surface area contributed by atoms with Gasteiger partial charge in [0.15, 0.2) is 5.96 Å². The smallest absolute Gasteiger partial charge is 0.191 e. The minimum atomic E-state index is 0. The summed E-state index contributed by atoms with van der Waals surface area (Å²) in [6.07, 6.45) is 4.48. The SMILES string of the molecule is CCNC(=NCc1ccc(N2CCCC2)nc1)NCC(C)COCc1ccccc1.I. The molecule has 1 aliphatic rings. The molecule has 1 fully saturated rings. The second kappa shape index (κ2) is 14.2. The van der Waals surface area contributed by atoms with Crippen molar-refractivity contribution in [3.05, 3.63) is 59.8 Å². The maximum Gasteiger partial charge on any atom is 0.191 e. The minimum Gasteiger partial charge on any atom is -0.376 e. The summed E-state index contributed by atoms with van der Waals surface area (Å²) >= 11 is 0. The van der Waals surface area contributed by atoms with Gasteiger partial charge in [0.1, 0.15) is 5.82 Å². The number of nitrogens with one attached hydrogen (secondary N) is 2. The van der Waals surface area contributed by atoms with Crippen molar-refractivity contribution in [2.45, 2.75) is 39.8 Å². The van der Waals surface area contributed by atoms with Crippen LogP contribution in [0.3, 0.4) is 0 Å². The number of ether oxygens (including phenoxy) is 1. The van der Waals surface area contributed by atoms with E-state index in [4.69, 9.17) is 9.73 Å². The molecule has 6 nitrogen and oxygen atoms in total. The first-order valence-corrected chi connectivity index (χ1v) is 11.1. The van der Waals surface area contributed by atoms with Crippen molar-refractivity contribution in [2.24, 2.45) is 10.9 Å². The lowest BCUT2D eigenvalue weighted by Gasteiger charge is -2.17. The molecule has 2 heterocycles. The van der Waals surface area contributed by atoms with Crippen LogP contribution in [0.2, 0.25) is 0 Å². The molecule has 0 spiro atoms. The Morgan fingerprint density at radius 3 is 2.55 bits per heavy atom. The van der Waals surface area contributed by atoms with Crippen molar-refractivity contribution in [3.8, 4) is 0 Å². The number of anilines is 1. The molecule has 2 aromatic rings. The summed E-state index contributed by atoms with van der Waals surface area (Å²) in [5, 5.41) is 6.74. The van der Waals surface area contributed by atoms with E-state index in [-0.39, 0.29) is 24.0 Å². The van der Waals surface area contributed by atoms with Crippen LogP contribution in [0.15, 0.2) is 53.7 Å². The third-order valence-corrected chi connectivity index (χ3v) is 5.14. The molecule has 3 rings (SSSR count). The lowest BCUT2D eigenvalue weighted by molar-refractivity contribution is 0.0931. The Bertz CT molecular complexity index is 763. The van der Waals surface area contributed by atoms with E-state index >= 15 is 0 Å². The van der Waals surface area contributed by atoms with E-state index in [0.29, 0.717) is 25.7 Å². The zero-order valence-electron chi connectivity index (χ0n) is 18.7. The van der Waals surface area contributed by atoms with Crippen molar-refractivity contribution in [2.75, 3.05) is 37.7 Å². The summed E-state index contributed by atoms with van der Waals surface area (Å²) in [5.41, 5.74) is 2.33. The lowest BCUT2D eigenvalue weighted by atomic mass is 10.2. The highest BCUT2D eigenvalue weighted by Crippen LogP contribution is 2.17. The number of hydrogen-bond donors (Lipinski definition) is 2. The fourth-order valence-electron chi connectivity index (χ4n) is 3.44. The van der Waals surface area contributed by atoms with Crippen LogP contribution in [0.25, 0.3) is 0 Å². The molecule has 0 bridgehead atoms. The predicted octanol–water partition coefficient (Wildman–Crippen LogP) is 4.21. The van der Waals surface area contributed by atoms with Crippen LogP contribution in [0.5, 0.6) is 0 Å². The second-order valence-corrected chi connectivity index (χ2v) is 7.90. The van der Waals surface area contributed by atoms with Crippen LogP contribution >= 0.6 is 24.0 Å². The molecule has 1 saturated heterocycles. The van der Waals surface area contributed by atoms with Gasteiger partial charge in [-0.25, -0.2) is 9.98 Å². The number of hydrogen-bond acceptors (Lipinski definition) is 4. The Morgan fingerprint density at radius 2 is 1.87 bits per heavy atom. The largest absolute Gasteiger partial charge is 0.376 e.